The molecule has 0 radical (unpaired) electrons. The zero-order valence-corrected chi connectivity index (χ0v) is 18.5. The molecule has 0 aromatic carbocycles. The monoisotopic (exact) mass is 447 g/mol. The number of rotatable bonds is 9. The third kappa shape index (κ3) is 5.13. The molecule has 4 heterocycles. The maximum atomic E-state index is 12.2. The lowest BCUT2D eigenvalue weighted by atomic mass is 10.2. The molecular weight excluding hydrogens is 422 g/mol. The van der Waals surface area contributed by atoms with Crippen LogP contribution in [0.3, 0.4) is 0 Å². The number of ether oxygens (including phenoxy) is 2. The Morgan fingerprint density at radius 1 is 1.30 bits per heavy atom. The van der Waals surface area contributed by atoms with Crippen LogP contribution in [-0.2, 0) is 20.8 Å². The minimum atomic E-state index is -0.0959. The van der Waals surface area contributed by atoms with Crippen LogP contribution in [0, 0.1) is 0 Å². The van der Waals surface area contributed by atoms with Crippen LogP contribution >= 0.6 is 22.7 Å². The Bertz CT molecular complexity index is 970. The highest BCUT2D eigenvalue weighted by atomic mass is 32.1. The molecule has 4 rings (SSSR count). The van der Waals surface area contributed by atoms with Crippen molar-refractivity contribution in [3.05, 3.63) is 28.7 Å². The summed E-state index contributed by atoms with van der Waals surface area (Å²) in [4.78, 5) is 26.2. The van der Waals surface area contributed by atoms with Gasteiger partial charge in [0.15, 0.2) is 0 Å². The van der Waals surface area contributed by atoms with E-state index in [1.54, 1.807) is 29.8 Å². The van der Waals surface area contributed by atoms with Crippen LogP contribution in [0.25, 0.3) is 20.7 Å². The number of hydrogen-bond donors (Lipinski definition) is 2. The van der Waals surface area contributed by atoms with E-state index >= 15 is 0 Å². The molecule has 3 aromatic rings. The van der Waals surface area contributed by atoms with Gasteiger partial charge in [0.25, 0.3) is 0 Å². The summed E-state index contributed by atoms with van der Waals surface area (Å²) in [5, 5.41) is 11.2. The second-order valence-corrected chi connectivity index (χ2v) is 8.69. The number of fused-ring (bicyclic) bond motifs is 1. The molecule has 0 bridgehead atoms. The number of thiophene rings is 2. The number of carbonyl (C=O) groups excluding carboxylic acids is 1. The van der Waals surface area contributed by atoms with E-state index in [0.717, 1.165) is 47.9 Å². The van der Waals surface area contributed by atoms with Gasteiger partial charge in [-0.15, -0.1) is 22.7 Å². The highest BCUT2D eigenvalue weighted by molar-refractivity contribution is 7.18. The number of carbonyl (C=O) groups is 1. The first kappa shape index (κ1) is 21.1. The number of nitrogens with one attached hydrogen (secondary N) is 2. The third-order valence-corrected chi connectivity index (χ3v) is 6.56. The minimum Gasteiger partial charge on any atom is -0.383 e. The third-order valence-electron chi connectivity index (χ3n) is 4.78. The molecule has 1 aliphatic rings. The summed E-state index contributed by atoms with van der Waals surface area (Å²) in [6.07, 6.45) is 0. The first-order valence-corrected chi connectivity index (χ1v) is 11.6. The molecule has 30 heavy (non-hydrogen) atoms. The predicted molar refractivity (Wildman–Crippen MR) is 120 cm³/mol. The Morgan fingerprint density at radius 3 is 2.93 bits per heavy atom. The topological polar surface area (TPSA) is 88.6 Å². The first-order chi connectivity index (χ1) is 14.7. The molecule has 2 N–H and O–H groups in total. The van der Waals surface area contributed by atoms with Crippen molar-refractivity contribution in [1.82, 2.24) is 20.2 Å². The van der Waals surface area contributed by atoms with E-state index in [1.165, 1.54) is 4.88 Å². The van der Waals surface area contributed by atoms with E-state index in [4.69, 9.17) is 19.4 Å². The molecule has 10 heteroatoms. The maximum absolute atomic E-state index is 12.2. The molecular formula is C20H25N5O3S2. The summed E-state index contributed by atoms with van der Waals surface area (Å²) in [6.45, 7) is 4.99. The van der Waals surface area contributed by atoms with Gasteiger partial charge in [0.2, 0.25) is 5.91 Å². The van der Waals surface area contributed by atoms with E-state index in [9.17, 15) is 4.79 Å². The number of nitrogens with zero attached hydrogens (tertiary/aromatic N) is 3. The highest BCUT2D eigenvalue weighted by Gasteiger charge is 2.19. The van der Waals surface area contributed by atoms with Crippen LogP contribution in [0.1, 0.15) is 5.82 Å². The largest absolute Gasteiger partial charge is 0.383 e. The minimum absolute atomic E-state index is 0.0959. The Morgan fingerprint density at radius 2 is 2.17 bits per heavy atom. The summed E-state index contributed by atoms with van der Waals surface area (Å²) in [5.41, 5.74) is 1.10. The van der Waals surface area contributed by atoms with E-state index < -0.39 is 0 Å². The van der Waals surface area contributed by atoms with E-state index in [-0.39, 0.29) is 12.5 Å². The number of anilines is 1. The zero-order valence-electron chi connectivity index (χ0n) is 16.8. The van der Waals surface area contributed by atoms with Crippen molar-refractivity contribution in [2.24, 2.45) is 0 Å². The first-order valence-electron chi connectivity index (χ1n) is 9.86. The molecule has 8 nitrogen and oxygen atoms in total. The van der Waals surface area contributed by atoms with Gasteiger partial charge < -0.3 is 20.1 Å². The molecule has 0 atom stereocenters. The zero-order chi connectivity index (χ0) is 20.8. The van der Waals surface area contributed by atoms with Crippen molar-refractivity contribution in [2.45, 2.75) is 6.54 Å². The summed E-state index contributed by atoms with van der Waals surface area (Å²) in [5.74, 6) is 1.36. The lowest BCUT2D eigenvalue weighted by Gasteiger charge is -2.25. The fourth-order valence-electron chi connectivity index (χ4n) is 3.28. The normalized spacial score (nSPS) is 14.8. The number of hydrogen-bond acceptors (Lipinski definition) is 9. The van der Waals surface area contributed by atoms with Crippen molar-refractivity contribution in [3.63, 3.8) is 0 Å². The summed E-state index contributed by atoms with van der Waals surface area (Å²) < 4.78 is 10.4. The second-order valence-electron chi connectivity index (χ2n) is 6.88. The smallest absolute Gasteiger partial charge is 0.239 e. The van der Waals surface area contributed by atoms with Crippen LogP contribution in [0.15, 0.2) is 22.9 Å². The standard InChI is InChI=1S/C20H25N5O3S2/c1-27-7-4-21-17(26)11-22-19-18-14(15-3-2-10-29-15)13-30-20(18)24-16(23-19)12-25-5-8-28-9-6-25/h2-3,10,13H,4-9,11-12H2,1H3,(H,21,26)(H,22,23,24). The van der Waals surface area contributed by atoms with E-state index in [2.05, 4.69) is 32.4 Å². The summed E-state index contributed by atoms with van der Waals surface area (Å²) >= 11 is 3.29. The quantitative estimate of drug-likeness (QED) is 0.487. The predicted octanol–water partition coefficient (Wildman–Crippen LogP) is 2.43. The lowest BCUT2D eigenvalue weighted by molar-refractivity contribution is -0.119. The number of methoxy groups -OCH3 is 1. The number of aromatic nitrogens is 2. The molecule has 3 aromatic heterocycles. The van der Waals surface area contributed by atoms with Gasteiger partial charge in [-0.1, -0.05) is 6.07 Å². The van der Waals surface area contributed by atoms with Gasteiger partial charge in [-0.3, -0.25) is 9.69 Å². The van der Waals surface area contributed by atoms with E-state index in [0.29, 0.717) is 25.5 Å². The van der Waals surface area contributed by atoms with E-state index in [1.807, 2.05) is 6.07 Å². The highest BCUT2D eigenvalue weighted by Crippen LogP contribution is 2.38. The van der Waals surface area contributed by atoms with Crippen molar-refractivity contribution in [2.75, 3.05) is 58.4 Å². The Hall–Kier alpha value is -2.11. The maximum Gasteiger partial charge on any atom is 0.239 e. The van der Waals surface area contributed by atoms with Crippen LogP contribution in [0.4, 0.5) is 5.82 Å². The van der Waals surface area contributed by atoms with Crippen molar-refractivity contribution >= 4 is 44.6 Å². The van der Waals surface area contributed by atoms with Crippen molar-refractivity contribution in [1.29, 1.82) is 0 Å². The summed E-state index contributed by atoms with van der Waals surface area (Å²) in [7, 11) is 1.61. The summed E-state index contributed by atoms with van der Waals surface area (Å²) in [6, 6.07) is 4.13. The number of amides is 1. The van der Waals surface area contributed by atoms with Crippen LogP contribution in [0.5, 0.6) is 0 Å². The molecule has 1 amide bonds. The Kier molecular flexibility index (Phi) is 7.24. The van der Waals surface area contributed by atoms with Gasteiger partial charge in [0, 0.05) is 42.6 Å². The van der Waals surface area contributed by atoms with Crippen molar-refractivity contribution < 1.29 is 14.3 Å². The second kappa shape index (κ2) is 10.3. The average molecular weight is 448 g/mol. The van der Waals surface area contributed by atoms with Gasteiger partial charge in [-0.2, -0.15) is 0 Å². The molecule has 1 saturated heterocycles. The van der Waals surface area contributed by atoms with Crippen LogP contribution in [-0.4, -0.2) is 73.9 Å². The van der Waals surface area contributed by atoms with Gasteiger partial charge >= 0.3 is 0 Å². The van der Waals surface area contributed by atoms with Crippen LogP contribution in [0.2, 0.25) is 0 Å². The van der Waals surface area contributed by atoms with Gasteiger partial charge in [0.05, 0.1) is 38.3 Å². The molecule has 0 saturated carbocycles. The van der Waals surface area contributed by atoms with Gasteiger partial charge in [-0.25, -0.2) is 9.97 Å². The fourth-order valence-corrected chi connectivity index (χ4v) is 5.06. The Balaban J connectivity index is 1.59. The van der Waals surface area contributed by atoms with Crippen molar-refractivity contribution in [3.8, 4) is 10.4 Å². The lowest BCUT2D eigenvalue weighted by Crippen LogP contribution is -2.36. The SMILES string of the molecule is COCCNC(=O)CNc1nc(CN2CCOCC2)nc2scc(-c3cccs3)c12. The molecule has 1 fully saturated rings. The Labute approximate surface area is 183 Å². The average Bonchev–Trinajstić information content (AvgIpc) is 3.43. The number of morpholine rings is 1. The molecule has 0 spiro atoms. The van der Waals surface area contributed by atoms with Gasteiger partial charge in [0.1, 0.15) is 16.5 Å². The molecule has 160 valence electrons. The van der Waals surface area contributed by atoms with Crippen LogP contribution < -0.4 is 10.6 Å². The molecule has 1 aliphatic heterocycles. The fraction of sp³-hybridized carbons (Fsp3) is 0.450. The molecule has 0 aliphatic carbocycles. The van der Waals surface area contributed by atoms with Gasteiger partial charge in [-0.05, 0) is 11.4 Å². The molecule has 0 unspecified atom stereocenters.